The lowest BCUT2D eigenvalue weighted by molar-refractivity contribution is 0.0597. The number of benzene rings is 3. The number of carbonyl (C=O) groups excluding carboxylic acids is 2. The van der Waals surface area contributed by atoms with Crippen LogP contribution < -0.4 is 9.64 Å². The zero-order valence-corrected chi connectivity index (χ0v) is 18.8. The fraction of sp³-hybridized carbons (Fsp3) is 0.160. The van der Waals surface area contributed by atoms with Gasteiger partial charge in [0.1, 0.15) is 11.3 Å². The fourth-order valence-electron chi connectivity index (χ4n) is 3.47. The summed E-state index contributed by atoms with van der Waals surface area (Å²) in [5.41, 5.74) is 3.18. The Bertz CT molecular complexity index is 1280. The lowest BCUT2D eigenvalue weighted by Gasteiger charge is -2.21. The Morgan fingerprint density at radius 1 is 0.938 bits per heavy atom. The number of nitrogens with zero attached hydrogens (tertiary/aromatic N) is 2. The summed E-state index contributed by atoms with van der Waals surface area (Å²) in [6.07, 6.45) is 0. The third-order valence-electron chi connectivity index (χ3n) is 5.13. The first-order valence-corrected chi connectivity index (χ1v) is 10.8. The summed E-state index contributed by atoms with van der Waals surface area (Å²) in [6.45, 7) is 2.30. The predicted octanol–water partition coefficient (Wildman–Crippen LogP) is 5.25. The van der Waals surface area contributed by atoms with Crippen LogP contribution in [0.2, 0.25) is 0 Å². The number of esters is 1. The van der Waals surface area contributed by atoms with E-state index in [1.165, 1.54) is 18.4 Å². The molecular formula is C25H22N2O4S. The number of carbonyl (C=O) groups is 2. The second-order valence-electron chi connectivity index (χ2n) is 7.17. The largest absolute Gasteiger partial charge is 0.494 e. The highest BCUT2D eigenvalue weighted by molar-refractivity contribution is 7.22. The normalized spacial score (nSPS) is 10.7. The minimum atomic E-state index is -0.560. The van der Waals surface area contributed by atoms with Crippen molar-refractivity contribution < 1.29 is 19.1 Å². The number of amides is 1. The highest BCUT2D eigenvalue weighted by atomic mass is 32.1. The molecule has 0 bridgehead atoms. The van der Waals surface area contributed by atoms with E-state index >= 15 is 0 Å². The van der Waals surface area contributed by atoms with E-state index in [4.69, 9.17) is 14.5 Å². The van der Waals surface area contributed by atoms with E-state index in [2.05, 4.69) is 0 Å². The number of aryl methyl sites for hydroxylation is 1. The monoisotopic (exact) mass is 446 g/mol. The van der Waals surface area contributed by atoms with Crippen LogP contribution in [0.4, 0.5) is 5.13 Å². The topological polar surface area (TPSA) is 68.7 Å². The van der Waals surface area contributed by atoms with Gasteiger partial charge in [-0.15, -0.1) is 0 Å². The van der Waals surface area contributed by atoms with Crippen LogP contribution >= 0.6 is 11.3 Å². The first kappa shape index (κ1) is 21.5. The summed E-state index contributed by atoms with van der Waals surface area (Å²) in [7, 11) is 2.90. The van der Waals surface area contributed by atoms with Gasteiger partial charge in [0.05, 0.1) is 36.6 Å². The number of rotatable bonds is 6. The first-order chi connectivity index (χ1) is 15.5. The average molecular weight is 447 g/mol. The lowest BCUT2D eigenvalue weighted by atomic mass is 10.1. The quantitative estimate of drug-likeness (QED) is 0.379. The lowest BCUT2D eigenvalue weighted by Crippen LogP contribution is -2.31. The van der Waals surface area contributed by atoms with Crippen molar-refractivity contribution in [2.45, 2.75) is 13.5 Å². The molecule has 0 unspecified atom stereocenters. The van der Waals surface area contributed by atoms with E-state index in [9.17, 15) is 9.59 Å². The zero-order chi connectivity index (χ0) is 22.7. The predicted molar refractivity (Wildman–Crippen MR) is 126 cm³/mol. The van der Waals surface area contributed by atoms with Gasteiger partial charge in [0, 0.05) is 0 Å². The number of hydrogen-bond donors (Lipinski definition) is 0. The Kier molecular flexibility index (Phi) is 6.18. The van der Waals surface area contributed by atoms with E-state index in [0.717, 1.165) is 15.8 Å². The van der Waals surface area contributed by atoms with E-state index in [-0.39, 0.29) is 17.0 Å². The van der Waals surface area contributed by atoms with Crippen LogP contribution in [-0.4, -0.2) is 31.1 Å². The second kappa shape index (κ2) is 9.20. The van der Waals surface area contributed by atoms with Gasteiger partial charge in [-0.1, -0.05) is 59.9 Å². The molecule has 3 aromatic carbocycles. The summed E-state index contributed by atoms with van der Waals surface area (Å²) in [5.74, 6) is -0.240. The van der Waals surface area contributed by atoms with Crippen molar-refractivity contribution >= 4 is 38.6 Å². The Hall–Kier alpha value is -3.71. The summed E-state index contributed by atoms with van der Waals surface area (Å²) < 4.78 is 11.3. The highest BCUT2D eigenvalue weighted by Crippen LogP contribution is 2.37. The maximum absolute atomic E-state index is 13.8. The summed E-state index contributed by atoms with van der Waals surface area (Å²) in [6, 6.07) is 20.2. The van der Waals surface area contributed by atoms with Gasteiger partial charge >= 0.3 is 5.97 Å². The molecule has 1 aromatic heterocycles. The molecule has 0 fully saturated rings. The average Bonchev–Trinajstić information content (AvgIpc) is 3.28. The van der Waals surface area contributed by atoms with Crippen LogP contribution in [0.5, 0.6) is 5.75 Å². The minimum absolute atomic E-state index is 0.216. The van der Waals surface area contributed by atoms with Crippen molar-refractivity contribution in [1.82, 2.24) is 4.98 Å². The Morgan fingerprint density at radius 2 is 1.62 bits per heavy atom. The van der Waals surface area contributed by atoms with Gasteiger partial charge in [-0.05, 0) is 36.2 Å². The molecule has 0 saturated carbocycles. The van der Waals surface area contributed by atoms with Crippen molar-refractivity contribution in [2.24, 2.45) is 0 Å². The third-order valence-corrected chi connectivity index (χ3v) is 6.35. The van der Waals surface area contributed by atoms with Crippen LogP contribution in [0, 0.1) is 6.92 Å². The molecule has 162 valence electrons. The van der Waals surface area contributed by atoms with E-state index in [1.54, 1.807) is 36.3 Å². The molecule has 32 heavy (non-hydrogen) atoms. The number of aromatic nitrogens is 1. The summed E-state index contributed by atoms with van der Waals surface area (Å²) in [4.78, 5) is 32.4. The molecule has 6 nitrogen and oxygen atoms in total. The van der Waals surface area contributed by atoms with Gasteiger partial charge in [0.15, 0.2) is 5.13 Å². The molecule has 0 aliphatic rings. The van der Waals surface area contributed by atoms with Crippen LogP contribution in [0.1, 0.15) is 31.8 Å². The van der Waals surface area contributed by atoms with Crippen molar-refractivity contribution in [1.29, 1.82) is 0 Å². The summed E-state index contributed by atoms with van der Waals surface area (Å²) in [5, 5.41) is 0.529. The van der Waals surface area contributed by atoms with Gasteiger partial charge in [0.25, 0.3) is 5.91 Å². The standard InChI is InChI=1S/C25H22N2O4S/c1-16-13-14-20(30-2)21-22(16)32-25(26-21)27(15-17-9-5-4-6-10-17)23(28)18-11-7-8-12-19(18)24(29)31-3/h4-14H,15H2,1-3H3. The molecule has 4 rings (SSSR count). The van der Waals surface area contributed by atoms with Crippen LogP contribution in [0.25, 0.3) is 10.2 Å². The van der Waals surface area contributed by atoms with E-state index < -0.39 is 5.97 Å². The van der Waals surface area contributed by atoms with Crippen molar-refractivity contribution in [2.75, 3.05) is 19.1 Å². The van der Waals surface area contributed by atoms with Crippen LogP contribution in [-0.2, 0) is 11.3 Å². The first-order valence-electron chi connectivity index (χ1n) is 10.0. The van der Waals surface area contributed by atoms with Gasteiger partial charge in [-0.3, -0.25) is 9.69 Å². The molecule has 7 heteroatoms. The molecule has 0 N–H and O–H groups in total. The molecule has 1 heterocycles. The van der Waals surface area contributed by atoms with E-state index in [1.807, 2.05) is 49.4 Å². The number of methoxy groups -OCH3 is 2. The van der Waals surface area contributed by atoms with Gasteiger partial charge < -0.3 is 9.47 Å². The zero-order valence-electron chi connectivity index (χ0n) is 18.0. The highest BCUT2D eigenvalue weighted by Gasteiger charge is 2.26. The van der Waals surface area contributed by atoms with Crippen molar-refractivity contribution in [3.8, 4) is 5.75 Å². The fourth-order valence-corrected chi connectivity index (χ4v) is 4.52. The Balaban J connectivity index is 1.86. The molecule has 0 aliphatic heterocycles. The second-order valence-corrected chi connectivity index (χ2v) is 8.15. The maximum atomic E-state index is 13.8. The molecular weight excluding hydrogens is 424 g/mol. The molecule has 0 atom stereocenters. The van der Waals surface area contributed by atoms with Crippen LogP contribution in [0.3, 0.4) is 0 Å². The number of hydrogen-bond acceptors (Lipinski definition) is 6. The number of thiazole rings is 1. The van der Waals surface area contributed by atoms with Gasteiger partial charge in [-0.2, -0.15) is 0 Å². The third kappa shape index (κ3) is 4.07. The van der Waals surface area contributed by atoms with Crippen LogP contribution in [0.15, 0.2) is 66.7 Å². The number of fused-ring (bicyclic) bond motifs is 1. The van der Waals surface area contributed by atoms with E-state index in [0.29, 0.717) is 22.9 Å². The molecule has 1 amide bonds. The smallest absolute Gasteiger partial charge is 0.338 e. The maximum Gasteiger partial charge on any atom is 0.338 e. The molecule has 4 aromatic rings. The minimum Gasteiger partial charge on any atom is -0.494 e. The summed E-state index contributed by atoms with van der Waals surface area (Å²) >= 11 is 1.42. The van der Waals surface area contributed by atoms with Gasteiger partial charge in [0.2, 0.25) is 0 Å². The molecule has 0 saturated heterocycles. The molecule has 0 spiro atoms. The number of ether oxygens (including phenoxy) is 2. The Labute approximate surface area is 190 Å². The van der Waals surface area contributed by atoms with Crippen molar-refractivity contribution in [3.05, 3.63) is 89.0 Å². The Morgan fingerprint density at radius 3 is 2.31 bits per heavy atom. The number of anilines is 1. The molecule has 0 aliphatic carbocycles. The molecule has 0 radical (unpaired) electrons. The van der Waals surface area contributed by atoms with Crippen molar-refractivity contribution in [3.63, 3.8) is 0 Å². The SMILES string of the molecule is COC(=O)c1ccccc1C(=O)N(Cc1ccccc1)c1nc2c(OC)ccc(C)c2s1. The van der Waals surface area contributed by atoms with Gasteiger partial charge in [-0.25, -0.2) is 9.78 Å².